The summed E-state index contributed by atoms with van der Waals surface area (Å²) < 4.78 is 8.74. The van der Waals surface area contributed by atoms with Gasteiger partial charge < -0.3 is 9.32 Å². The topological polar surface area (TPSA) is 112 Å². The normalized spacial score (nSPS) is 10.8. The Bertz CT molecular complexity index is 925. The van der Waals surface area contributed by atoms with Gasteiger partial charge in [0.1, 0.15) is 18.2 Å². The van der Waals surface area contributed by atoms with Gasteiger partial charge in [0, 0.05) is 31.9 Å². The summed E-state index contributed by atoms with van der Waals surface area (Å²) in [6.07, 6.45) is 6.09. The highest BCUT2D eigenvalue weighted by molar-refractivity contribution is 5.91. The Balaban J connectivity index is 1.63. The molecule has 0 saturated heterocycles. The molecule has 0 bridgehead atoms. The molecular formula is C16H18N6O4. The zero-order valence-electron chi connectivity index (χ0n) is 14.4. The molecule has 3 rings (SSSR count). The number of hydrogen-bond acceptors (Lipinski definition) is 6. The maximum absolute atomic E-state index is 12.5. The van der Waals surface area contributed by atoms with Crippen LogP contribution in [0.15, 0.2) is 41.3 Å². The third-order valence-corrected chi connectivity index (χ3v) is 3.80. The first-order valence-corrected chi connectivity index (χ1v) is 7.98. The number of rotatable bonds is 7. The summed E-state index contributed by atoms with van der Waals surface area (Å²) in [7, 11) is 1.69. The van der Waals surface area contributed by atoms with E-state index in [9.17, 15) is 14.9 Å². The van der Waals surface area contributed by atoms with Crippen LogP contribution >= 0.6 is 0 Å². The highest BCUT2D eigenvalue weighted by Crippen LogP contribution is 2.15. The average Bonchev–Trinajstić information content (AvgIpc) is 3.35. The molecule has 0 aliphatic heterocycles. The third kappa shape index (κ3) is 3.79. The number of carbonyl (C=O) groups is 1. The zero-order chi connectivity index (χ0) is 18.7. The van der Waals surface area contributed by atoms with Crippen LogP contribution in [0.3, 0.4) is 0 Å². The lowest BCUT2D eigenvalue weighted by atomic mass is 10.3. The summed E-state index contributed by atoms with van der Waals surface area (Å²) in [5.74, 6) is 0.428. The molecule has 0 fully saturated rings. The summed E-state index contributed by atoms with van der Waals surface area (Å²) in [5, 5.41) is 18.8. The van der Waals surface area contributed by atoms with Crippen molar-refractivity contribution in [2.75, 3.05) is 7.05 Å². The Kier molecular flexibility index (Phi) is 4.83. The van der Waals surface area contributed by atoms with Gasteiger partial charge in [-0.15, -0.1) is 0 Å². The molecule has 0 aromatic carbocycles. The van der Waals surface area contributed by atoms with Gasteiger partial charge >= 0.3 is 5.69 Å². The number of nitro groups is 1. The van der Waals surface area contributed by atoms with Crippen molar-refractivity contribution in [3.8, 4) is 0 Å². The monoisotopic (exact) mass is 358 g/mol. The van der Waals surface area contributed by atoms with Crippen molar-refractivity contribution < 1.29 is 14.1 Å². The Labute approximate surface area is 148 Å². The summed E-state index contributed by atoms with van der Waals surface area (Å²) in [4.78, 5) is 24.2. The van der Waals surface area contributed by atoms with Crippen molar-refractivity contribution in [3.05, 3.63) is 64.1 Å². The molecule has 1 amide bonds. The van der Waals surface area contributed by atoms with Crippen molar-refractivity contribution >= 4 is 11.6 Å². The number of nitrogens with zero attached hydrogens (tertiary/aromatic N) is 6. The minimum absolute atomic E-state index is 0.0970. The van der Waals surface area contributed by atoms with E-state index >= 15 is 0 Å². The lowest BCUT2D eigenvalue weighted by Gasteiger charge is -2.14. The van der Waals surface area contributed by atoms with Crippen LogP contribution in [-0.2, 0) is 19.6 Å². The summed E-state index contributed by atoms with van der Waals surface area (Å²) in [5.41, 5.74) is 0.832. The molecule has 0 radical (unpaired) electrons. The molecule has 0 aliphatic rings. The van der Waals surface area contributed by atoms with Gasteiger partial charge in [0.25, 0.3) is 5.91 Å². The van der Waals surface area contributed by atoms with Crippen molar-refractivity contribution in [2.24, 2.45) is 0 Å². The van der Waals surface area contributed by atoms with Crippen molar-refractivity contribution in [1.29, 1.82) is 0 Å². The fourth-order valence-electron chi connectivity index (χ4n) is 2.47. The van der Waals surface area contributed by atoms with Crippen molar-refractivity contribution in [2.45, 2.75) is 26.6 Å². The molecule has 10 heteroatoms. The second kappa shape index (κ2) is 7.21. The Hall–Kier alpha value is -3.43. The van der Waals surface area contributed by atoms with Gasteiger partial charge in [0.2, 0.25) is 0 Å². The molecule has 0 aliphatic carbocycles. The lowest BCUT2D eigenvalue weighted by Crippen LogP contribution is -2.25. The van der Waals surface area contributed by atoms with E-state index in [2.05, 4.69) is 10.2 Å². The summed E-state index contributed by atoms with van der Waals surface area (Å²) in [6.45, 7) is 3.38. The maximum atomic E-state index is 12.5. The van der Waals surface area contributed by atoms with Crippen LogP contribution in [0.25, 0.3) is 0 Å². The number of aromatic nitrogens is 4. The first-order valence-electron chi connectivity index (χ1n) is 7.98. The van der Waals surface area contributed by atoms with E-state index in [-0.39, 0.29) is 23.9 Å². The SMILES string of the molecule is CCn1cc(CN(C)C(=O)c2ccc(Cn3cc([N+](=O)[O-])cn3)o2)cn1. The largest absolute Gasteiger partial charge is 0.454 e. The van der Waals surface area contributed by atoms with Gasteiger partial charge in [0.05, 0.1) is 17.7 Å². The quantitative estimate of drug-likeness (QED) is 0.471. The molecule has 3 aromatic rings. The highest BCUT2D eigenvalue weighted by atomic mass is 16.6. The Morgan fingerprint density at radius 2 is 2.04 bits per heavy atom. The van der Waals surface area contributed by atoms with Crippen LogP contribution in [-0.4, -0.2) is 42.3 Å². The Morgan fingerprint density at radius 1 is 1.27 bits per heavy atom. The first kappa shape index (κ1) is 17.4. The number of furan rings is 1. The molecule has 10 nitrogen and oxygen atoms in total. The standard InChI is InChI=1S/C16H18N6O4/c1-3-20-9-12(6-17-20)8-19(2)16(23)15-5-4-14(26-15)11-21-10-13(7-18-21)22(24)25/h4-7,9-10H,3,8,11H2,1-2H3. The predicted molar refractivity (Wildman–Crippen MR) is 90.4 cm³/mol. The fourth-order valence-corrected chi connectivity index (χ4v) is 2.47. The van der Waals surface area contributed by atoms with Gasteiger partial charge in [-0.05, 0) is 19.1 Å². The van der Waals surface area contributed by atoms with Crippen LogP contribution in [0.2, 0.25) is 0 Å². The van der Waals surface area contributed by atoms with Crippen LogP contribution in [0.1, 0.15) is 28.8 Å². The molecule has 26 heavy (non-hydrogen) atoms. The van der Waals surface area contributed by atoms with Crippen molar-refractivity contribution in [3.63, 3.8) is 0 Å². The average molecular weight is 358 g/mol. The van der Waals surface area contributed by atoms with E-state index in [0.29, 0.717) is 12.3 Å². The van der Waals surface area contributed by atoms with Gasteiger partial charge in [0.15, 0.2) is 5.76 Å². The molecule has 0 saturated carbocycles. The molecule has 0 unspecified atom stereocenters. The molecule has 136 valence electrons. The lowest BCUT2D eigenvalue weighted by molar-refractivity contribution is -0.385. The fraction of sp³-hybridized carbons (Fsp3) is 0.312. The van der Waals surface area contributed by atoms with E-state index < -0.39 is 4.92 Å². The number of carbonyl (C=O) groups excluding carboxylic acids is 1. The van der Waals surface area contributed by atoms with E-state index in [0.717, 1.165) is 12.1 Å². The second-order valence-electron chi connectivity index (χ2n) is 5.78. The van der Waals surface area contributed by atoms with Gasteiger partial charge in [-0.25, -0.2) is 0 Å². The summed E-state index contributed by atoms with van der Waals surface area (Å²) >= 11 is 0. The van der Waals surface area contributed by atoms with E-state index in [1.54, 1.807) is 35.0 Å². The Morgan fingerprint density at radius 3 is 2.69 bits per heavy atom. The molecule has 0 spiro atoms. The number of amides is 1. The minimum Gasteiger partial charge on any atom is -0.454 e. The molecule has 0 N–H and O–H groups in total. The molecular weight excluding hydrogens is 340 g/mol. The van der Waals surface area contributed by atoms with Crippen LogP contribution in [0.5, 0.6) is 0 Å². The van der Waals surface area contributed by atoms with Crippen LogP contribution < -0.4 is 0 Å². The zero-order valence-corrected chi connectivity index (χ0v) is 14.4. The number of aryl methyl sites for hydroxylation is 1. The van der Waals surface area contributed by atoms with Gasteiger partial charge in [-0.1, -0.05) is 0 Å². The molecule has 3 aromatic heterocycles. The van der Waals surface area contributed by atoms with Crippen LogP contribution in [0, 0.1) is 10.1 Å². The smallest absolute Gasteiger partial charge is 0.307 e. The van der Waals surface area contributed by atoms with Crippen LogP contribution in [0.4, 0.5) is 5.69 Å². The van der Waals surface area contributed by atoms with E-state index in [1.807, 2.05) is 13.1 Å². The second-order valence-corrected chi connectivity index (χ2v) is 5.78. The summed E-state index contributed by atoms with van der Waals surface area (Å²) in [6, 6.07) is 3.24. The van der Waals surface area contributed by atoms with E-state index in [1.165, 1.54) is 17.1 Å². The molecule has 3 heterocycles. The first-order chi connectivity index (χ1) is 12.5. The number of hydrogen-bond donors (Lipinski definition) is 0. The van der Waals surface area contributed by atoms with Gasteiger partial charge in [-0.3, -0.25) is 24.3 Å². The van der Waals surface area contributed by atoms with Gasteiger partial charge in [-0.2, -0.15) is 10.2 Å². The molecule has 0 atom stereocenters. The van der Waals surface area contributed by atoms with Crippen molar-refractivity contribution in [1.82, 2.24) is 24.5 Å². The third-order valence-electron chi connectivity index (χ3n) is 3.80. The maximum Gasteiger partial charge on any atom is 0.307 e. The minimum atomic E-state index is -0.518. The van der Waals surface area contributed by atoms with E-state index in [4.69, 9.17) is 4.42 Å². The highest BCUT2D eigenvalue weighted by Gasteiger charge is 2.18. The predicted octanol–water partition coefficient (Wildman–Crippen LogP) is 1.92.